The van der Waals surface area contributed by atoms with Crippen molar-refractivity contribution in [2.45, 2.75) is 6.92 Å². The van der Waals surface area contributed by atoms with Gasteiger partial charge in [-0.1, -0.05) is 12.1 Å². The standard InChI is InChI=1S/C12H14N2O/c1-9-2-3-10-7-11(13-4-5-15)8-14-12(10)6-9/h2-3,6-8,13,15H,4-5H2,1H3. The van der Waals surface area contributed by atoms with E-state index in [0.717, 1.165) is 16.6 Å². The maximum atomic E-state index is 8.69. The third-order valence-electron chi connectivity index (χ3n) is 2.28. The number of aliphatic hydroxyl groups is 1. The second-order valence-electron chi connectivity index (χ2n) is 3.57. The maximum Gasteiger partial charge on any atom is 0.0706 e. The van der Waals surface area contributed by atoms with Crippen molar-refractivity contribution in [2.24, 2.45) is 0 Å². The summed E-state index contributed by atoms with van der Waals surface area (Å²) in [5.74, 6) is 0. The van der Waals surface area contributed by atoms with E-state index in [1.54, 1.807) is 6.20 Å². The molecule has 0 aliphatic heterocycles. The van der Waals surface area contributed by atoms with Gasteiger partial charge in [-0.3, -0.25) is 4.98 Å². The summed E-state index contributed by atoms with van der Waals surface area (Å²) >= 11 is 0. The fourth-order valence-corrected chi connectivity index (χ4v) is 1.53. The smallest absolute Gasteiger partial charge is 0.0706 e. The molecular formula is C12H14N2O. The molecular weight excluding hydrogens is 188 g/mol. The average Bonchev–Trinajstić information content (AvgIpc) is 2.26. The molecule has 0 saturated heterocycles. The van der Waals surface area contributed by atoms with Crippen molar-refractivity contribution in [1.82, 2.24) is 4.98 Å². The topological polar surface area (TPSA) is 45.1 Å². The lowest BCUT2D eigenvalue weighted by Crippen LogP contribution is -2.05. The molecule has 78 valence electrons. The molecule has 1 aromatic carbocycles. The van der Waals surface area contributed by atoms with Crippen molar-refractivity contribution >= 4 is 16.6 Å². The zero-order valence-electron chi connectivity index (χ0n) is 8.70. The number of nitrogens with zero attached hydrogens (tertiary/aromatic N) is 1. The minimum Gasteiger partial charge on any atom is -0.395 e. The normalized spacial score (nSPS) is 10.5. The van der Waals surface area contributed by atoms with E-state index in [2.05, 4.69) is 35.4 Å². The fraction of sp³-hybridized carbons (Fsp3) is 0.250. The third-order valence-corrected chi connectivity index (χ3v) is 2.28. The minimum atomic E-state index is 0.131. The third kappa shape index (κ3) is 2.25. The van der Waals surface area contributed by atoms with E-state index >= 15 is 0 Å². The van der Waals surface area contributed by atoms with E-state index in [0.29, 0.717) is 6.54 Å². The first kappa shape index (κ1) is 9.93. The molecule has 0 amide bonds. The number of rotatable bonds is 3. The number of fused-ring (bicyclic) bond motifs is 1. The zero-order valence-corrected chi connectivity index (χ0v) is 8.70. The highest BCUT2D eigenvalue weighted by molar-refractivity contribution is 5.82. The average molecular weight is 202 g/mol. The molecule has 3 nitrogen and oxygen atoms in total. The van der Waals surface area contributed by atoms with Crippen LogP contribution in [0, 0.1) is 6.92 Å². The van der Waals surface area contributed by atoms with Crippen LogP contribution in [0.4, 0.5) is 5.69 Å². The molecule has 1 aromatic heterocycles. The summed E-state index contributed by atoms with van der Waals surface area (Å²) in [5, 5.41) is 12.9. The first-order valence-corrected chi connectivity index (χ1v) is 5.01. The second kappa shape index (κ2) is 4.28. The quantitative estimate of drug-likeness (QED) is 0.799. The van der Waals surface area contributed by atoms with E-state index in [4.69, 9.17) is 5.11 Å². The van der Waals surface area contributed by atoms with Gasteiger partial charge in [-0.25, -0.2) is 0 Å². The highest BCUT2D eigenvalue weighted by atomic mass is 16.3. The number of aliphatic hydroxyl groups excluding tert-OH is 1. The number of nitrogens with one attached hydrogen (secondary N) is 1. The van der Waals surface area contributed by atoms with Crippen LogP contribution in [0.15, 0.2) is 30.5 Å². The first-order valence-electron chi connectivity index (χ1n) is 5.01. The minimum absolute atomic E-state index is 0.131. The molecule has 0 atom stereocenters. The lowest BCUT2D eigenvalue weighted by molar-refractivity contribution is 0.311. The van der Waals surface area contributed by atoms with E-state index in [1.165, 1.54) is 5.56 Å². The van der Waals surface area contributed by atoms with E-state index in [-0.39, 0.29) is 6.61 Å². The molecule has 0 spiro atoms. The van der Waals surface area contributed by atoms with Crippen LogP contribution in [0.25, 0.3) is 10.9 Å². The summed E-state index contributed by atoms with van der Waals surface area (Å²) in [6, 6.07) is 8.23. The summed E-state index contributed by atoms with van der Waals surface area (Å²) in [6.07, 6.45) is 1.79. The highest BCUT2D eigenvalue weighted by Gasteiger charge is 1.97. The number of benzene rings is 1. The highest BCUT2D eigenvalue weighted by Crippen LogP contribution is 2.17. The Kier molecular flexibility index (Phi) is 2.83. The van der Waals surface area contributed by atoms with Crippen molar-refractivity contribution in [3.63, 3.8) is 0 Å². The number of hydrogen-bond donors (Lipinski definition) is 2. The Morgan fingerprint density at radius 3 is 3.00 bits per heavy atom. The Labute approximate surface area is 88.8 Å². The lowest BCUT2D eigenvalue weighted by Gasteiger charge is -2.05. The van der Waals surface area contributed by atoms with Crippen molar-refractivity contribution in [3.05, 3.63) is 36.0 Å². The van der Waals surface area contributed by atoms with Gasteiger partial charge in [0.25, 0.3) is 0 Å². The molecule has 2 N–H and O–H groups in total. The molecule has 2 rings (SSSR count). The number of aromatic nitrogens is 1. The van der Waals surface area contributed by atoms with Crippen LogP contribution in [-0.4, -0.2) is 23.2 Å². The largest absolute Gasteiger partial charge is 0.395 e. The first-order chi connectivity index (χ1) is 7.29. The predicted molar refractivity (Wildman–Crippen MR) is 62.1 cm³/mol. The molecule has 0 saturated carbocycles. The van der Waals surface area contributed by atoms with Crippen LogP contribution < -0.4 is 5.32 Å². The second-order valence-corrected chi connectivity index (χ2v) is 3.57. The van der Waals surface area contributed by atoms with Gasteiger partial charge in [-0.05, 0) is 24.6 Å². The van der Waals surface area contributed by atoms with Crippen LogP contribution in [0.1, 0.15) is 5.56 Å². The Hall–Kier alpha value is -1.61. The molecule has 0 aliphatic rings. The van der Waals surface area contributed by atoms with Gasteiger partial charge in [0.2, 0.25) is 0 Å². The number of pyridine rings is 1. The zero-order chi connectivity index (χ0) is 10.7. The Bertz CT molecular complexity index is 468. The van der Waals surface area contributed by atoms with Crippen molar-refractivity contribution < 1.29 is 5.11 Å². The SMILES string of the molecule is Cc1ccc2cc(NCCO)cnc2c1. The molecule has 0 unspecified atom stereocenters. The van der Waals surface area contributed by atoms with Crippen LogP contribution in [0.5, 0.6) is 0 Å². The number of anilines is 1. The van der Waals surface area contributed by atoms with Crippen LogP contribution in [-0.2, 0) is 0 Å². The van der Waals surface area contributed by atoms with Gasteiger partial charge < -0.3 is 10.4 Å². The van der Waals surface area contributed by atoms with Crippen LogP contribution in [0.2, 0.25) is 0 Å². The van der Waals surface area contributed by atoms with Gasteiger partial charge in [0, 0.05) is 11.9 Å². The summed E-state index contributed by atoms with van der Waals surface area (Å²) in [6.45, 7) is 2.74. The summed E-state index contributed by atoms with van der Waals surface area (Å²) in [7, 11) is 0. The van der Waals surface area contributed by atoms with E-state index in [9.17, 15) is 0 Å². The molecule has 0 aliphatic carbocycles. The molecule has 0 fully saturated rings. The van der Waals surface area contributed by atoms with Crippen molar-refractivity contribution in [3.8, 4) is 0 Å². The van der Waals surface area contributed by atoms with Gasteiger partial charge in [0.1, 0.15) is 0 Å². The molecule has 3 heteroatoms. The fourth-order valence-electron chi connectivity index (χ4n) is 1.53. The number of hydrogen-bond acceptors (Lipinski definition) is 3. The molecule has 1 heterocycles. The van der Waals surface area contributed by atoms with E-state index in [1.807, 2.05) is 6.07 Å². The lowest BCUT2D eigenvalue weighted by atomic mass is 10.1. The van der Waals surface area contributed by atoms with Gasteiger partial charge >= 0.3 is 0 Å². The summed E-state index contributed by atoms with van der Waals surface area (Å²) in [4.78, 5) is 4.35. The van der Waals surface area contributed by atoms with Crippen molar-refractivity contribution in [1.29, 1.82) is 0 Å². The maximum absolute atomic E-state index is 8.69. The van der Waals surface area contributed by atoms with Crippen molar-refractivity contribution in [2.75, 3.05) is 18.5 Å². The van der Waals surface area contributed by atoms with Gasteiger partial charge in [-0.15, -0.1) is 0 Å². The number of aryl methyl sites for hydroxylation is 1. The Morgan fingerprint density at radius 1 is 1.33 bits per heavy atom. The van der Waals surface area contributed by atoms with E-state index < -0.39 is 0 Å². The van der Waals surface area contributed by atoms with Gasteiger partial charge in [0.05, 0.1) is 24.0 Å². The van der Waals surface area contributed by atoms with Gasteiger partial charge in [-0.2, -0.15) is 0 Å². The van der Waals surface area contributed by atoms with Crippen LogP contribution in [0.3, 0.4) is 0 Å². The summed E-state index contributed by atoms with van der Waals surface area (Å²) < 4.78 is 0. The summed E-state index contributed by atoms with van der Waals surface area (Å²) in [5.41, 5.74) is 3.16. The molecule has 0 bridgehead atoms. The predicted octanol–water partition coefficient (Wildman–Crippen LogP) is 1.95. The Balaban J connectivity index is 2.34. The van der Waals surface area contributed by atoms with Gasteiger partial charge in [0.15, 0.2) is 0 Å². The van der Waals surface area contributed by atoms with Crippen LogP contribution >= 0.6 is 0 Å². The molecule has 0 radical (unpaired) electrons. The molecule has 2 aromatic rings. The molecule has 15 heavy (non-hydrogen) atoms. The monoisotopic (exact) mass is 202 g/mol. The Morgan fingerprint density at radius 2 is 2.20 bits per heavy atom.